The summed E-state index contributed by atoms with van der Waals surface area (Å²) in [5.74, 6) is 1.12. The molecular formula is C13H17O4Si. The molecule has 0 aliphatic heterocycles. The van der Waals surface area contributed by atoms with Gasteiger partial charge < -0.3 is 18.9 Å². The lowest BCUT2D eigenvalue weighted by Crippen LogP contribution is -2.40. The molecule has 0 saturated heterocycles. The first-order chi connectivity index (χ1) is 8.58. The van der Waals surface area contributed by atoms with Crippen molar-refractivity contribution in [1.82, 2.24) is 0 Å². The fraction of sp³-hybridized carbons (Fsp3) is 0.385. The van der Waals surface area contributed by atoms with E-state index < -0.39 is 5.60 Å². The number of methoxy groups -OCH3 is 3. The maximum Gasteiger partial charge on any atom is 0.289 e. The van der Waals surface area contributed by atoms with Crippen LogP contribution in [0.2, 0.25) is 0 Å². The Balaban J connectivity index is 3.02. The van der Waals surface area contributed by atoms with Gasteiger partial charge in [0.1, 0.15) is 0 Å². The zero-order chi connectivity index (χ0) is 13.6. The van der Waals surface area contributed by atoms with Crippen LogP contribution in [0.25, 0.3) is 6.08 Å². The smallest absolute Gasteiger partial charge is 0.289 e. The number of hydrogen-bond donors (Lipinski definition) is 0. The van der Waals surface area contributed by atoms with Crippen molar-refractivity contribution in [2.75, 3.05) is 21.3 Å². The molecule has 0 aromatic heterocycles. The Bertz CT molecular complexity index is 413. The lowest BCUT2D eigenvalue weighted by molar-refractivity contribution is -0.259. The molecule has 5 heteroatoms. The van der Waals surface area contributed by atoms with Crippen LogP contribution >= 0.6 is 0 Å². The highest BCUT2D eigenvalue weighted by Gasteiger charge is 2.26. The van der Waals surface area contributed by atoms with Gasteiger partial charge in [-0.15, -0.1) is 0 Å². The van der Waals surface area contributed by atoms with Gasteiger partial charge in [-0.3, -0.25) is 0 Å². The lowest BCUT2D eigenvalue weighted by Gasteiger charge is -2.27. The number of ether oxygens (including phenoxy) is 4. The van der Waals surface area contributed by atoms with Crippen LogP contribution < -0.4 is 9.47 Å². The van der Waals surface area contributed by atoms with Crippen LogP contribution in [0.3, 0.4) is 0 Å². The third kappa shape index (κ3) is 3.59. The maximum atomic E-state index is 5.58. The zero-order valence-corrected chi connectivity index (χ0v) is 12.0. The first-order valence-corrected chi connectivity index (χ1v) is 5.93. The number of benzene rings is 1. The molecule has 18 heavy (non-hydrogen) atoms. The Morgan fingerprint density at radius 1 is 1.11 bits per heavy atom. The van der Waals surface area contributed by atoms with E-state index in [1.54, 1.807) is 13.2 Å². The van der Waals surface area contributed by atoms with Gasteiger partial charge in [0.15, 0.2) is 21.7 Å². The van der Waals surface area contributed by atoms with Crippen molar-refractivity contribution in [3.63, 3.8) is 0 Å². The van der Waals surface area contributed by atoms with Crippen LogP contribution in [0.5, 0.6) is 11.5 Å². The summed E-state index contributed by atoms with van der Waals surface area (Å²) in [6.07, 6.45) is 3.92. The molecule has 4 nitrogen and oxygen atoms in total. The van der Waals surface area contributed by atoms with E-state index in [-0.39, 0.29) is 0 Å². The second-order valence-electron chi connectivity index (χ2n) is 3.48. The van der Waals surface area contributed by atoms with Gasteiger partial charge in [0, 0.05) is 14.2 Å². The van der Waals surface area contributed by atoms with Crippen molar-refractivity contribution in [2.24, 2.45) is 0 Å². The third-order valence-corrected chi connectivity index (χ3v) is 2.84. The van der Waals surface area contributed by atoms with Gasteiger partial charge in [-0.1, -0.05) is 18.2 Å². The highest BCUT2D eigenvalue weighted by atomic mass is 28.1. The summed E-state index contributed by atoms with van der Waals surface area (Å²) in [6, 6.07) is 5.57. The molecule has 97 valence electrons. The minimum atomic E-state index is -1.32. The second-order valence-corrected chi connectivity index (χ2v) is 4.09. The predicted molar refractivity (Wildman–Crippen MR) is 70.8 cm³/mol. The monoisotopic (exact) mass is 265 g/mol. The van der Waals surface area contributed by atoms with E-state index in [0.717, 1.165) is 5.56 Å². The van der Waals surface area contributed by atoms with Crippen LogP contribution in [0.4, 0.5) is 0 Å². The van der Waals surface area contributed by atoms with Crippen molar-refractivity contribution >= 4 is 16.3 Å². The molecule has 0 atom stereocenters. The molecule has 0 aliphatic rings. The minimum Gasteiger partial charge on any atom is -0.493 e. The average molecular weight is 265 g/mol. The Labute approximate surface area is 111 Å². The molecule has 0 unspecified atom stereocenters. The SMILES string of the molecule is C/C=C/c1ccc(OC([Si])(OC)OC)c(OC)c1. The molecule has 1 aromatic carbocycles. The lowest BCUT2D eigenvalue weighted by atomic mass is 10.2. The van der Waals surface area contributed by atoms with Crippen molar-refractivity contribution in [3.05, 3.63) is 29.8 Å². The van der Waals surface area contributed by atoms with Crippen LogP contribution in [0.15, 0.2) is 24.3 Å². The van der Waals surface area contributed by atoms with Gasteiger partial charge in [-0.2, -0.15) is 0 Å². The molecule has 3 radical (unpaired) electrons. The zero-order valence-electron chi connectivity index (χ0n) is 11.0. The Kier molecular flexibility index (Phi) is 5.40. The highest BCUT2D eigenvalue weighted by molar-refractivity contribution is 6.12. The van der Waals surface area contributed by atoms with E-state index in [1.807, 2.05) is 31.2 Å². The third-order valence-electron chi connectivity index (χ3n) is 2.33. The Morgan fingerprint density at radius 3 is 2.28 bits per heavy atom. The van der Waals surface area contributed by atoms with E-state index in [1.165, 1.54) is 14.2 Å². The van der Waals surface area contributed by atoms with Crippen LogP contribution in [0.1, 0.15) is 12.5 Å². The fourth-order valence-corrected chi connectivity index (χ4v) is 1.49. The number of allylic oxidation sites excluding steroid dienone is 1. The number of rotatable bonds is 6. The Hall–Kier alpha value is -1.30. The maximum absolute atomic E-state index is 5.58. The highest BCUT2D eigenvalue weighted by Crippen LogP contribution is 2.31. The standard InChI is InChI=1S/C13H17O4Si/c1-5-6-10-7-8-11(12(9-10)14-2)17-13(18,15-3)16-4/h5-9H,1-4H3/b6-5+. The summed E-state index contributed by atoms with van der Waals surface area (Å²) < 4.78 is 21.0. The normalized spacial score (nSPS) is 11.8. The van der Waals surface area contributed by atoms with Crippen LogP contribution in [-0.2, 0) is 9.47 Å². The van der Waals surface area contributed by atoms with Gasteiger partial charge in [-0.05, 0) is 24.6 Å². The number of hydrogen-bond acceptors (Lipinski definition) is 4. The summed E-state index contributed by atoms with van der Waals surface area (Å²) in [5, 5.41) is 0. The largest absolute Gasteiger partial charge is 0.493 e. The first kappa shape index (κ1) is 14.8. The van der Waals surface area contributed by atoms with Gasteiger partial charge in [0.2, 0.25) is 0 Å². The fourth-order valence-electron chi connectivity index (χ4n) is 1.38. The average Bonchev–Trinajstić information content (AvgIpc) is 2.40. The second kappa shape index (κ2) is 6.58. The predicted octanol–water partition coefficient (Wildman–Crippen LogP) is 2.18. The topological polar surface area (TPSA) is 36.9 Å². The van der Waals surface area contributed by atoms with Crippen molar-refractivity contribution in [3.8, 4) is 11.5 Å². The summed E-state index contributed by atoms with van der Waals surface area (Å²) in [4.78, 5) is 0. The van der Waals surface area contributed by atoms with E-state index >= 15 is 0 Å². The molecular weight excluding hydrogens is 248 g/mol. The molecule has 0 bridgehead atoms. The van der Waals surface area contributed by atoms with Gasteiger partial charge >= 0.3 is 0 Å². The molecule has 0 spiro atoms. The van der Waals surface area contributed by atoms with Crippen molar-refractivity contribution < 1.29 is 18.9 Å². The van der Waals surface area contributed by atoms with E-state index in [0.29, 0.717) is 11.5 Å². The Morgan fingerprint density at radius 2 is 1.78 bits per heavy atom. The first-order valence-electron chi connectivity index (χ1n) is 5.43. The summed E-state index contributed by atoms with van der Waals surface area (Å²) in [5.41, 5.74) is -0.300. The van der Waals surface area contributed by atoms with Crippen LogP contribution in [-0.4, -0.2) is 37.2 Å². The summed E-state index contributed by atoms with van der Waals surface area (Å²) >= 11 is 0. The summed E-state index contributed by atoms with van der Waals surface area (Å²) in [6.45, 7) is 1.95. The quantitative estimate of drug-likeness (QED) is 0.583. The molecule has 0 saturated carbocycles. The van der Waals surface area contributed by atoms with Crippen molar-refractivity contribution in [1.29, 1.82) is 0 Å². The molecule has 0 fully saturated rings. The van der Waals surface area contributed by atoms with Gasteiger partial charge in [0.05, 0.1) is 7.11 Å². The van der Waals surface area contributed by atoms with E-state index in [4.69, 9.17) is 18.9 Å². The molecule has 0 heterocycles. The molecule has 1 rings (SSSR count). The van der Waals surface area contributed by atoms with E-state index in [9.17, 15) is 0 Å². The van der Waals surface area contributed by atoms with Crippen LogP contribution in [0, 0.1) is 0 Å². The minimum absolute atomic E-state index is 0.518. The van der Waals surface area contributed by atoms with Gasteiger partial charge in [-0.25, -0.2) is 0 Å². The van der Waals surface area contributed by atoms with E-state index in [2.05, 4.69) is 10.2 Å². The summed E-state index contributed by atoms with van der Waals surface area (Å²) in [7, 11) is 7.77. The van der Waals surface area contributed by atoms with Crippen molar-refractivity contribution in [2.45, 2.75) is 12.5 Å². The molecule has 0 amide bonds. The van der Waals surface area contributed by atoms with Gasteiger partial charge in [0.25, 0.3) is 5.60 Å². The molecule has 0 aliphatic carbocycles. The molecule has 0 N–H and O–H groups in total. The molecule has 1 aromatic rings.